The molecule has 3 heterocycles. The van der Waals surface area contributed by atoms with Crippen LogP contribution in [0.4, 0.5) is 5.95 Å². The Morgan fingerprint density at radius 1 is 1.14 bits per heavy atom. The van der Waals surface area contributed by atoms with Crippen molar-refractivity contribution >= 4 is 11.9 Å². The minimum absolute atomic E-state index is 0.129. The molecular formula is C21H22N6O. The maximum atomic E-state index is 13.0. The molecule has 0 aliphatic carbocycles. The van der Waals surface area contributed by atoms with Gasteiger partial charge in [0.2, 0.25) is 5.95 Å². The normalized spacial score (nSPS) is 13.0. The molecule has 2 N–H and O–H groups in total. The van der Waals surface area contributed by atoms with E-state index in [2.05, 4.69) is 33.8 Å². The number of carbonyl (C=O) groups excluding carboxylic acids is 1. The first-order valence-corrected chi connectivity index (χ1v) is 9.32. The predicted molar refractivity (Wildman–Crippen MR) is 106 cm³/mol. The van der Waals surface area contributed by atoms with Crippen LogP contribution in [0.5, 0.6) is 0 Å². The number of carbonyl (C=O) groups is 1. The molecule has 1 amide bonds. The first kappa shape index (κ1) is 18.0. The van der Waals surface area contributed by atoms with Gasteiger partial charge in [0.1, 0.15) is 5.69 Å². The molecule has 0 atom stereocenters. The van der Waals surface area contributed by atoms with Gasteiger partial charge in [0.05, 0.1) is 12.2 Å². The lowest BCUT2D eigenvalue weighted by atomic mass is 10.1. The van der Waals surface area contributed by atoms with Crippen molar-refractivity contribution in [3.8, 4) is 11.4 Å². The standard InChI is InChI=1S/C21H22N6O/c1-13(2)8-16-9-17(26-21(22)24-16)20(28)27-11-15-10-23-19(25-18(15)12-27)14-6-4-3-5-7-14/h3-7,9-10,13H,8,11-12H2,1-2H3,(H2,22,24,26). The van der Waals surface area contributed by atoms with Crippen LogP contribution in [0.2, 0.25) is 0 Å². The fourth-order valence-corrected chi connectivity index (χ4v) is 3.34. The molecule has 4 rings (SSSR count). The molecule has 1 aliphatic heterocycles. The van der Waals surface area contributed by atoms with Crippen LogP contribution in [0, 0.1) is 5.92 Å². The van der Waals surface area contributed by atoms with E-state index in [4.69, 9.17) is 5.73 Å². The van der Waals surface area contributed by atoms with Crippen molar-refractivity contribution in [2.45, 2.75) is 33.4 Å². The molecule has 3 aromatic rings. The number of anilines is 1. The van der Waals surface area contributed by atoms with Crippen LogP contribution in [-0.4, -0.2) is 30.7 Å². The van der Waals surface area contributed by atoms with Crippen molar-refractivity contribution in [3.63, 3.8) is 0 Å². The smallest absolute Gasteiger partial charge is 0.273 e. The molecule has 0 radical (unpaired) electrons. The molecule has 0 saturated carbocycles. The number of hydrogen-bond donors (Lipinski definition) is 1. The number of rotatable bonds is 4. The van der Waals surface area contributed by atoms with Crippen LogP contribution in [-0.2, 0) is 19.5 Å². The lowest BCUT2D eigenvalue weighted by molar-refractivity contribution is 0.0744. The first-order chi connectivity index (χ1) is 13.5. The Morgan fingerprint density at radius 3 is 2.68 bits per heavy atom. The van der Waals surface area contributed by atoms with Crippen molar-refractivity contribution in [1.82, 2.24) is 24.8 Å². The molecule has 0 bridgehead atoms. The van der Waals surface area contributed by atoms with Gasteiger partial charge in [-0.3, -0.25) is 4.79 Å². The molecule has 1 aliphatic rings. The zero-order valence-electron chi connectivity index (χ0n) is 16.0. The van der Waals surface area contributed by atoms with Gasteiger partial charge in [-0.2, -0.15) is 0 Å². The summed E-state index contributed by atoms with van der Waals surface area (Å²) >= 11 is 0. The highest BCUT2D eigenvalue weighted by atomic mass is 16.2. The summed E-state index contributed by atoms with van der Waals surface area (Å²) in [7, 11) is 0. The molecule has 1 aromatic carbocycles. The van der Waals surface area contributed by atoms with Gasteiger partial charge in [0.25, 0.3) is 5.91 Å². The van der Waals surface area contributed by atoms with Crippen LogP contribution in [0.1, 0.15) is 41.3 Å². The van der Waals surface area contributed by atoms with Crippen molar-refractivity contribution in [2.75, 3.05) is 5.73 Å². The van der Waals surface area contributed by atoms with Crippen LogP contribution >= 0.6 is 0 Å². The van der Waals surface area contributed by atoms with E-state index in [1.165, 1.54) is 0 Å². The van der Waals surface area contributed by atoms with Gasteiger partial charge in [-0.1, -0.05) is 44.2 Å². The average molecular weight is 374 g/mol. The van der Waals surface area contributed by atoms with E-state index in [1.807, 2.05) is 30.3 Å². The molecular weight excluding hydrogens is 352 g/mol. The second kappa shape index (κ2) is 7.34. The Labute approximate surface area is 163 Å². The summed E-state index contributed by atoms with van der Waals surface area (Å²) in [6, 6.07) is 11.5. The quantitative estimate of drug-likeness (QED) is 0.754. The van der Waals surface area contributed by atoms with Crippen LogP contribution in [0.3, 0.4) is 0 Å². The molecule has 28 heavy (non-hydrogen) atoms. The summed E-state index contributed by atoms with van der Waals surface area (Å²) < 4.78 is 0. The van der Waals surface area contributed by atoms with E-state index in [0.717, 1.165) is 28.9 Å². The largest absolute Gasteiger partial charge is 0.368 e. The zero-order valence-corrected chi connectivity index (χ0v) is 16.0. The van der Waals surface area contributed by atoms with Gasteiger partial charge in [-0.05, 0) is 18.4 Å². The first-order valence-electron chi connectivity index (χ1n) is 9.32. The third kappa shape index (κ3) is 3.69. The summed E-state index contributed by atoms with van der Waals surface area (Å²) in [4.78, 5) is 32.2. The Hall–Kier alpha value is -3.35. The van der Waals surface area contributed by atoms with Crippen molar-refractivity contribution in [2.24, 2.45) is 5.92 Å². The van der Waals surface area contributed by atoms with Gasteiger partial charge in [0.15, 0.2) is 5.82 Å². The third-order valence-corrected chi connectivity index (χ3v) is 4.61. The van der Waals surface area contributed by atoms with Gasteiger partial charge in [-0.25, -0.2) is 19.9 Å². The van der Waals surface area contributed by atoms with Gasteiger partial charge >= 0.3 is 0 Å². The Morgan fingerprint density at radius 2 is 1.93 bits per heavy atom. The highest BCUT2D eigenvalue weighted by molar-refractivity contribution is 5.93. The van der Waals surface area contributed by atoms with Crippen LogP contribution in [0.15, 0.2) is 42.6 Å². The monoisotopic (exact) mass is 374 g/mol. The number of nitrogens with two attached hydrogens (primary N) is 1. The molecule has 7 nitrogen and oxygen atoms in total. The highest BCUT2D eigenvalue weighted by Crippen LogP contribution is 2.25. The van der Waals surface area contributed by atoms with Crippen LogP contribution < -0.4 is 5.73 Å². The highest BCUT2D eigenvalue weighted by Gasteiger charge is 2.27. The number of aromatic nitrogens is 4. The molecule has 7 heteroatoms. The number of amides is 1. The number of benzene rings is 1. The fourth-order valence-electron chi connectivity index (χ4n) is 3.34. The number of nitrogens with zero attached hydrogens (tertiary/aromatic N) is 5. The van der Waals surface area contributed by atoms with E-state index in [9.17, 15) is 4.79 Å². The van der Waals surface area contributed by atoms with Crippen molar-refractivity contribution in [1.29, 1.82) is 0 Å². The van der Waals surface area contributed by atoms with E-state index < -0.39 is 0 Å². The maximum Gasteiger partial charge on any atom is 0.273 e. The number of fused-ring (bicyclic) bond motifs is 1. The van der Waals surface area contributed by atoms with E-state index in [0.29, 0.717) is 30.5 Å². The summed E-state index contributed by atoms with van der Waals surface area (Å²) in [6.45, 7) is 5.09. The number of nitrogen functional groups attached to an aromatic ring is 1. The molecule has 0 fully saturated rings. The van der Waals surface area contributed by atoms with Crippen LogP contribution in [0.25, 0.3) is 11.4 Å². The topological polar surface area (TPSA) is 97.9 Å². The second-order valence-electron chi connectivity index (χ2n) is 7.39. The summed E-state index contributed by atoms with van der Waals surface area (Å²) in [5.41, 5.74) is 9.72. The van der Waals surface area contributed by atoms with Crippen molar-refractivity contribution in [3.05, 3.63) is 65.2 Å². The van der Waals surface area contributed by atoms with Gasteiger partial charge < -0.3 is 10.6 Å². The average Bonchev–Trinajstić information content (AvgIpc) is 3.10. The Bertz CT molecular complexity index is 1020. The number of hydrogen-bond acceptors (Lipinski definition) is 6. The summed E-state index contributed by atoms with van der Waals surface area (Å²) in [6.07, 6.45) is 2.55. The minimum Gasteiger partial charge on any atom is -0.368 e. The van der Waals surface area contributed by atoms with E-state index in [-0.39, 0.29) is 11.9 Å². The molecule has 2 aromatic heterocycles. The summed E-state index contributed by atoms with van der Waals surface area (Å²) in [5.74, 6) is 1.04. The zero-order chi connectivity index (χ0) is 19.7. The van der Waals surface area contributed by atoms with Crippen molar-refractivity contribution < 1.29 is 4.79 Å². The Kier molecular flexibility index (Phi) is 4.73. The lowest BCUT2D eigenvalue weighted by Crippen LogP contribution is -2.27. The van der Waals surface area contributed by atoms with E-state index in [1.54, 1.807) is 17.2 Å². The predicted octanol–water partition coefficient (Wildman–Crippen LogP) is 2.87. The molecule has 0 unspecified atom stereocenters. The molecule has 142 valence electrons. The fraction of sp³-hybridized carbons (Fsp3) is 0.286. The second-order valence-corrected chi connectivity index (χ2v) is 7.39. The lowest BCUT2D eigenvalue weighted by Gasteiger charge is -2.15. The minimum atomic E-state index is -0.168. The molecule has 0 spiro atoms. The maximum absolute atomic E-state index is 13.0. The molecule has 0 saturated heterocycles. The summed E-state index contributed by atoms with van der Waals surface area (Å²) in [5, 5.41) is 0. The third-order valence-electron chi connectivity index (χ3n) is 4.61. The Balaban J connectivity index is 1.56. The van der Waals surface area contributed by atoms with E-state index >= 15 is 0 Å². The SMILES string of the molecule is CC(C)Cc1cc(C(=O)N2Cc3cnc(-c4ccccc4)nc3C2)nc(N)n1. The van der Waals surface area contributed by atoms with Gasteiger partial charge in [0, 0.05) is 29.6 Å². The van der Waals surface area contributed by atoms with Gasteiger partial charge in [-0.15, -0.1) is 0 Å².